The van der Waals surface area contributed by atoms with Crippen LogP contribution in [0.25, 0.3) is 11.0 Å². The highest BCUT2D eigenvalue weighted by atomic mass is 35.5. The molecular weight excluding hydrogens is 472 g/mol. The number of halogens is 5. The van der Waals surface area contributed by atoms with Gasteiger partial charge in [0.2, 0.25) is 5.60 Å². The quantitative estimate of drug-likeness (QED) is 0.331. The van der Waals surface area contributed by atoms with Gasteiger partial charge in [0.05, 0.1) is 17.4 Å². The van der Waals surface area contributed by atoms with Crippen molar-refractivity contribution in [3.05, 3.63) is 58.6 Å². The number of carbonyl (C=O) groups is 2. The lowest BCUT2D eigenvalue weighted by Gasteiger charge is -2.18. The van der Waals surface area contributed by atoms with Crippen molar-refractivity contribution < 1.29 is 37.4 Å². The predicted molar refractivity (Wildman–Crippen MR) is 110 cm³/mol. The van der Waals surface area contributed by atoms with Gasteiger partial charge in [0.15, 0.2) is 0 Å². The Labute approximate surface area is 188 Å². The van der Waals surface area contributed by atoms with Crippen molar-refractivity contribution >= 4 is 40.2 Å². The van der Waals surface area contributed by atoms with E-state index in [4.69, 9.17) is 22.4 Å². The fourth-order valence-electron chi connectivity index (χ4n) is 3.25. The molecule has 0 unspecified atom stereocenters. The van der Waals surface area contributed by atoms with Crippen LogP contribution >= 0.6 is 11.6 Å². The normalized spacial score (nSPS) is 18.4. The largest absolute Gasteiger partial charge is 0.479 e. The molecule has 0 radical (unpaired) electrons. The van der Waals surface area contributed by atoms with Gasteiger partial charge in [-0.25, -0.2) is 14.2 Å². The van der Waals surface area contributed by atoms with Crippen molar-refractivity contribution in [1.82, 2.24) is 9.97 Å². The molecule has 8 nitrogen and oxygen atoms in total. The summed E-state index contributed by atoms with van der Waals surface area (Å²) < 4.78 is 51.2. The Morgan fingerprint density at radius 2 is 2.00 bits per heavy atom. The summed E-state index contributed by atoms with van der Waals surface area (Å²) in [6.07, 6.45) is -3.06. The molecule has 1 saturated heterocycles. The molecule has 4 rings (SSSR count). The summed E-state index contributed by atoms with van der Waals surface area (Å²) in [4.78, 5) is 30.2. The smallest absolute Gasteiger partial charge is 0.418 e. The Morgan fingerprint density at radius 1 is 1.30 bits per heavy atom. The molecule has 3 heterocycles. The number of carboxylic acid groups (broad SMARTS) is 1. The number of H-pyrrole nitrogens is 1. The number of aromatic nitrogens is 2. The third-order valence-electron chi connectivity index (χ3n) is 4.94. The fourth-order valence-corrected chi connectivity index (χ4v) is 3.50. The molecule has 1 atom stereocenters. The van der Waals surface area contributed by atoms with Gasteiger partial charge in [-0.15, -0.1) is 0 Å². The van der Waals surface area contributed by atoms with Gasteiger partial charge < -0.3 is 25.8 Å². The molecule has 1 aliphatic heterocycles. The molecule has 0 saturated carbocycles. The van der Waals surface area contributed by atoms with Gasteiger partial charge in [0.25, 0.3) is 5.91 Å². The van der Waals surface area contributed by atoms with E-state index in [1.54, 1.807) is 6.07 Å². The maximum Gasteiger partial charge on any atom is 0.418 e. The van der Waals surface area contributed by atoms with E-state index < -0.39 is 29.2 Å². The van der Waals surface area contributed by atoms with Crippen LogP contribution in [0.2, 0.25) is 5.02 Å². The number of aliphatic carboxylic acids is 1. The number of nitrogens with one attached hydrogen (secondary N) is 1. The Balaban J connectivity index is 0.000000257. The van der Waals surface area contributed by atoms with Gasteiger partial charge in [-0.3, -0.25) is 4.79 Å². The molecule has 3 aromatic rings. The van der Waals surface area contributed by atoms with Gasteiger partial charge in [-0.05, 0) is 29.8 Å². The molecule has 1 aromatic carbocycles. The van der Waals surface area contributed by atoms with E-state index in [0.29, 0.717) is 17.1 Å². The second-order valence-electron chi connectivity index (χ2n) is 7.14. The van der Waals surface area contributed by atoms with Crippen LogP contribution in [0.1, 0.15) is 17.5 Å². The standard InChI is InChI=1S/C13H10F3N3O4.C7H7ClFN/c14-13(15,16)8-5-18-9-7(8)3-6(4-17-9)19-2-1-12(23,10(19)20)11(21)22;8-6-1-5(4-10)2-7(9)3-6/h3-5,23H,1-2H2,(H,17,18)(H,21,22);1-3H,4,10H2/t12-;/m1./s1. The van der Waals surface area contributed by atoms with E-state index in [2.05, 4.69) is 9.97 Å². The van der Waals surface area contributed by atoms with E-state index in [-0.39, 0.29) is 35.5 Å². The Hall–Kier alpha value is -3.22. The molecule has 176 valence electrons. The molecule has 33 heavy (non-hydrogen) atoms. The minimum atomic E-state index is -4.60. The van der Waals surface area contributed by atoms with Gasteiger partial charge in [0, 0.05) is 36.1 Å². The molecule has 0 bridgehead atoms. The molecule has 13 heteroatoms. The van der Waals surface area contributed by atoms with E-state index in [9.17, 15) is 32.3 Å². The molecule has 1 aliphatic rings. The number of aliphatic hydroxyl groups is 1. The van der Waals surface area contributed by atoms with Crippen LogP contribution in [0.3, 0.4) is 0 Å². The zero-order valence-electron chi connectivity index (χ0n) is 16.7. The number of rotatable bonds is 3. The number of carbonyl (C=O) groups excluding carboxylic acids is 1. The molecule has 1 amide bonds. The molecule has 5 N–H and O–H groups in total. The first-order chi connectivity index (χ1) is 15.4. The highest BCUT2D eigenvalue weighted by molar-refractivity contribution is 6.30. The van der Waals surface area contributed by atoms with Crippen LogP contribution < -0.4 is 10.6 Å². The minimum absolute atomic E-state index is 0.00947. The molecule has 0 aliphatic carbocycles. The number of hydrogen-bond acceptors (Lipinski definition) is 5. The topological polar surface area (TPSA) is 133 Å². The summed E-state index contributed by atoms with van der Waals surface area (Å²) in [7, 11) is 0. The first-order valence-corrected chi connectivity index (χ1v) is 9.71. The number of pyridine rings is 1. The predicted octanol–water partition coefficient (Wildman–Crippen LogP) is 3.07. The van der Waals surface area contributed by atoms with E-state index in [1.807, 2.05) is 0 Å². The summed E-state index contributed by atoms with van der Waals surface area (Å²) >= 11 is 5.53. The fraction of sp³-hybridized carbons (Fsp3) is 0.250. The van der Waals surface area contributed by atoms with Gasteiger partial charge in [-0.1, -0.05) is 11.6 Å². The molecule has 1 fully saturated rings. The zero-order chi connectivity index (χ0) is 24.6. The van der Waals surface area contributed by atoms with Crippen molar-refractivity contribution in [2.45, 2.75) is 24.7 Å². The SMILES string of the molecule is NCc1cc(F)cc(Cl)c1.O=C(O)[C@@]1(O)CCN(c2cnc3[nH]cc(C(F)(F)F)c3c2)C1=O. The summed E-state index contributed by atoms with van der Waals surface area (Å²) in [6.45, 7) is 0.179. The number of aromatic amines is 1. The number of nitrogens with two attached hydrogens (primary N) is 1. The maximum atomic E-state index is 12.9. The van der Waals surface area contributed by atoms with Crippen molar-refractivity contribution in [1.29, 1.82) is 0 Å². The van der Waals surface area contributed by atoms with Crippen LogP contribution in [0.5, 0.6) is 0 Å². The van der Waals surface area contributed by atoms with Crippen LogP contribution in [-0.4, -0.2) is 44.2 Å². The molecule has 0 spiro atoms. The second-order valence-corrected chi connectivity index (χ2v) is 7.58. The minimum Gasteiger partial charge on any atom is -0.479 e. The Kier molecular flexibility index (Phi) is 6.63. The van der Waals surface area contributed by atoms with Crippen molar-refractivity contribution in [3.63, 3.8) is 0 Å². The number of anilines is 1. The third-order valence-corrected chi connectivity index (χ3v) is 5.16. The lowest BCUT2D eigenvalue weighted by atomic mass is 10.0. The molecule has 2 aromatic heterocycles. The number of alkyl halides is 3. The summed E-state index contributed by atoms with van der Waals surface area (Å²) in [6, 6.07) is 5.35. The number of nitrogens with zero attached hydrogens (tertiary/aromatic N) is 2. The van der Waals surface area contributed by atoms with Crippen LogP contribution in [0, 0.1) is 5.82 Å². The van der Waals surface area contributed by atoms with Crippen molar-refractivity contribution in [2.24, 2.45) is 5.73 Å². The van der Waals surface area contributed by atoms with Gasteiger partial charge in [-0.2, -0.15) is 13.2 Å². The van der Waals surface area contributed by atoms with Crippen molar-refractivity contribution in [2.75, 3.05) is 11.4 Å². The van der Waals surface area contributed by atoms with Crippen LogP contribution in [0.15, 0.2) is 36.7 Å². The molecular formula is C20H17ClF4N4O4. The highest BCUT2D eigenvalue weighted by Crippen LogP contribution is 2.36. The number of benzene rings is 1. The average Bonchev–Trinajstić information content (AvgIpc) is 3.29. The van der Waals surface area contributed by atoms with Gasteiger partial charge in [0.1, 0.15) is 11.5 Å². The van der Waals surface area contributed by atoms with Crippen molar-refractivity contribution in [3.8, 4) is 0 Å². The highest BCUT2D eigenvalue weighted by Gasteiger charge is 2.52. The summed E-state index contributed by atoms with van der Waals surface area (Å²) in [5.74, 6) is -3.14. The number of fused-ring (bicyclic) bond motifs is 1. The summed E-state index contributed by atoms with van der Waals surface area (Å²) in [5, 5.41) is 18.9. The third kappa shape index (κ3) is 4.92. The lowest BCUT2D eigenvalue weighted by Crippen LogP contribution is -2.46. The second kappa shape index (κ2) is 8.96. The average molecular weight is 489 g/mol. The van der Waals surface area contributed by atoms with E-state index in [0.717, 1.165) is 23.4 Å². The van der Waals surface area contributed by atoms with Crippen LogP contribution in [-0.2, 0) is 22.3 Å². The maximum absolute atomic E-state index is 12.9. The first-order valence-electron chi connectivity index (χ1n) is 9.34. The Morgan fingerprint density at radius 3 is 2.55 bits per heavy atom. The number of hydrogen-bond donors (Lipinski definition) is 4. The monoisotopic (exact) mass is 488 g/mol. The number of amides is 1. The summed E-state index contributed by atoms with van der Waals surface area (Å²) in [5.41, 5.74) is 2.44. The van der Waals surface area contributed by atoms with Gasteiger partial charge >= 0.3 is 12.1 Å². The first kappa shape index (κ1) is 24.4. The number of carboxylic acids is 1. The lowest BCUT2D eigenvalue weighted by molar-refractivity contribution is -0.162. The van der Waals surface area contributed by atoms with E-state index in [1.165, 1.54) is 12.1 Å². The van der Waals surface area contributed by atoms with E-state index >= 15 is 0 Å². The Bertz CT molecular complexity index is 1200. The van der Waals surface area contributed by atoms with Crippen LogP contribution in [0.4, 0.5) is 23.2 Å². The zero-order valence-corrected chi connectivity index (χ0v) is 17.4.